The summed E-state index contributed by atoms with van der Waals surface area (Å²) in [5, 5.41) is 10.7. The largest absolute Gasteiger partial charge is 0.493 e. The summed E-state index contributed by atoms with van der Waals surface area (Å²) >= 11 is 1.82. The highest BCUT2D eigenvalue weighted by atomic mass is 32.2. The highest BCUT2D eigenvalue weighted by Crippen LogP contribution is 2.45. The number of hydrogen-bond acceptors (Lipinski definition) is 4. The van der Waals surface area contributed by atoms with Crippen LogP contribution in [0.4, 0.5) is 0 Å². The molecule has 1 saturated heterocycles. The van der Waals surface area contributed by atoms with Gasteiger partial charge in [-0.1, -0.05) is 33.1 Å². The normalized spacial score (nSPS) is 28.0. The number of rotatable bonds is 4. The molecule has 3 nitrogen and oxygen atoms in total. The van der Waals surface area contributed by atoms with Crippen molar-refractivity contribution in [1.82, 2.24) is 0 Å². The summed E-state index contributed by atoms with van der Waals surface area (Å²) in [6.07, 6.45) is 6.80. The molecule has 2 unspecified atom stereocenters. The summed E-state index contributed by atoms with van der Waals surface area (Å²) in [7, 11) is 0. The number of aliphatic hydroxyl groups is 1. The lowest BCUT2D eigenvalue weighted by molar-refractivity contribution is -0.00862. The molecule has 2 atom stereocenters. The van der Waals surface area contributed by atoms with Crippen molar-refractivity contribution in [3.05, 3.63) is 36.6 Å². The third-order valence-electron chi connectivity index (χ3n) is 4.23. The Balaban J connectivity index is 0.00000106. The highest BCUT2D eigenvalue weighted by Gasteiger charge is 2.46. The summed E-state index contributed by atoms with van der Waals surface area (Å²) in [5.74, 6) is 0.727. The number of hydrogen-bond donors (Lipinski definition) is 1. The molecule has 0 saturated carbocycles. The summed E-state index contributed by atoms with van der Waals surface area (Å²) in [6, 6.07) is 0. The van der Waals surface area contributed by atoms with Crippen LogP contribution in [0.5, 0.6) is 0 Å². The van der Waals surface area contributed by atoms with E-state index in [1.54, 1.807) is 12.2 Å². The van der Waals surface area contributed by atoms with Crippen molar-refractivity contribution >= 4 is 11.8 Å². The van der Waals surface area contributed by atoms with Gasteiger partial charge in [-0.3, -0.25) is 0 Å². The van der Waals surface area contributed by atoms with Crippen molar-refractivity contribution < 1.29 is 14.6 Å². The fourth-order valence-corrected chi connectivity index (χ4v) is 4.07. The lowest BCUT2D eigenvalue weighted by Gasteiger charge is -2.46. The van der Waals surface area contributed by atoms with Crippen molar-refractivity contribution in [3.63, 3.8) is 0 Å². The molecule has 2 heterocycles. The molecule has 0 amide bonds. The van der Waals surface area contributed by atoms with Gasteiger partial charge in [0, 0.05) is 29.5 Å². The standard InChI is InChI=1S/C15H22O3S.C2H6/c1-4-11-13(5-2)18-10-12(14(11)16)15(19-3)6-8-17-9-7-15;1-2/h4-5,12,14,16H,1-2,6-10H2,3H3;1-2H3. The van der Waals surface area contributed by atoms with Crippen LogP contribution in [0.1, 0.15) is 26.7 Å². The molecule has 21 heavy (non-hydrogen) atoms. The zero-order chi connectivity index (χ0) is 15.9. The molecule has 0 aromatic carbocycles. The molecule has 0 aliphatic carbocycles. The van der Waals surface area contributed by atoms with Crippen LogP contribution < -0.4 is 0 Å². The smallest absolute Gasteiger partial charge is 0.124 e. The van der Waals surface area contributed by atoms with Crippen molar-refractivity contribution in [1.29, 1.82) is 0 Å². The van der Waals surface area contributed by atoms with E-state index in [1.165, 1.54) is 0 Å². The second-order valence-corrected chi connectivity index (χ2v) is 6.19. The van der Waals surface area contributed by atoms with Crippen LogP contribution in [0.15, 0.2) is 36.6 Å². The van der Waals surface area contributed by atoms with E-state index in [0.717, 1.165) is 31.6 Å². The van der Waals surface area contributed by atoms with Gasteiger partial charge in [0.25, 0.3) is 0 Å². The second-order valence-electron chi connectivity index (χ2n) is 4.97. The Kier molecular flexibility index (Phi) is 7.57. The van der Waals surface area contributed by atoms with Crippen LogP contribution in [0, 0.1) is 5.92 Å². The van der Waals surface area contributed by atoms with Gasteiger partial charge in [0.2, 0.25) is 0 Å². The van der Waals surface area contributed by atoms with Gasteiger partial charge in [-0.25, -0.2) is 0 Å². The third-order valence-corrected chi connectivity index (χ3v) is 5.75. The first kappa shape index (κ1) is 18.3. The Bertz CT molecular complexity index is 383. The molecular formula is C17H28O3S. The fraction of sp³-hybridized carbons (Fsp3) is 0.647. The third kappa shape index (κ3) is 3.74. The van der Waals surface area contributed by atoms with Crippen LogP contribution >= 0.6 is 11.8 Å². The van der Waals surface area contributed by atoms with Crippen molar-refractivity contribution in [2.75, 3.05) is 26.1 Å². The van der Waals surface area contributed by atoms with E-state index >= 15 is 0 Å². The molecule has 0 spiro atoms. The maximum absolute atomic E-state index is 10.7. The number of ether oxygens (including phenoxy) is 2. The van der Waals surface area contributed by atoms with E-state index in [2.05, 4.69) is 19.4 Å². The average Bonchev–Trinajstić information content (AvgIpc) is 2.56. The van der Waals surface area contributed by atoms with E-state index in [-0.39, 0.29) is 10.7 Å². The summed E-state index contributed by atoms with van der Waals surface area (Å²) < 4.78 is 11.3. The van der Waals surface area contributed by atoms with Gasteiger partial charge in [-0.2, -0.15) is 11.8 Å². The van der Waals surface area contributed by atoms with Gasteiger partial charge in [0.1, 0.15) is 5.76 Å². The van der Waals surface area contributed by atoms with Crippen LogP contribution in [-0.2, 0) is 9.47 Å². The molecule has 4 heteroatoms. The zero-order valence-corrected chi connectivity index (χ0v) is 14.2. The van der Waals surface area contributed by atoms with Crippen LogP contribution in [0.2, 0.25) is 0 Å². The number of aliphatic hydroxyl groups excluding tert-OH is 1. The monoisotopic (exact) mass is 312 g/mol. The zero-order valence-electron chi connectivity index (χ0n) is 13.4. The van der Waals surface area contributed by atoms with E-state index in [4.69, 9.17) is 9.47 Å². The molecule has 1 fully saturated rings. The first-order valence-electron chi connectivity index (χ1n) is 7.61. The molecular weight excluding hydrogens is 284 g/mol. The molecule has 0 radical (unpaired) electrons. The minimum Gasteiger partial charge on any atom is -0.493 e. The topological polar surface area (TPSA) is 38.7 Å². The molecule has 0 bridgehead atoms. The maximum atomic E-state index is 10.7. The summed E-state index contributed by atoms with van der Waals surface area (Å²) in [6.45, 7) is 13.5. The predicted octanol–water partition coefficient (Wildman–Crippen LogP) is 3.56. The van der Waals surface area contributed by atoms with Gasteiger partial charge in [-0.05, 0) is 25.2 Å². The van der Waals surface area contributed by atoms with Crippen LogP contribution in [0.25, 0.3) is 0 Å². The van der Waals surface area contributed by atoms with Crippen LogP contribution in [-0.4, -0.2) is 42.0 Å². The summed E-state index contributed by atoms with van der Waals surface area (Å²) in [5.41, 5.74) is 0.756. The van der Waals surface area contributed by atoms with Gasteiger partial charge >= 0.3 is 0 Å². The predicted molar refractivity (Wildman–Crippen MR) is 90.5 cm³/mol. The van der Waals surface area contributed by atoms with Crippen molar-refractivity contribution in [3.8, 4) is 0 Å². The first-order valence-corrected chi connectivity index (χ1v) is 8.84. The van der Waals surface area contributed by atoms with Gasteiger partial charge < -0.3 is 14.6 Å². The molecule has 1 N–H and O–H groups in total. The molecule has 2 aliphatic rings. The van der Waals surface area contributed by atoms with Crippen molar-refractivity contribution in [2.24, 2.45) is 5.92 Å². The van der Waals surface area contributed by atoms with E-state index in [0.29, 0.717) is 12.4 Å². The number of allylic oxidation sites excluding steroid dienone is 1. The van der Waals surface area contributed by atoms with Gasteiger partial charge in [-0.15, -0.1) is 0 Å². The van der Waals surface area contributed by atoms with Gasteiger partial charge in [0.05, 0.1) is 12.7 Å². The SMILES string of the molecule is C=CC1=C(C=C)C(O)C(C2(SC)CCOCC2)CO1.CC. The maximum Gasteiger partial charge on any atom is 0.124 e. The lowest BCUT2D eigenvalue weighted by atomic mass is 9.78. The average molecular weight is 312 g/mol. The minimum atomic E-state index is -0.537. The molecule has 2 aliphatic heterocycles. The van der Waals surface area contributed by atoms with E-state index < -0.39 is 6.10 Å². The molecule has 0 aromatic heterocycles. The van der Waals surface area contributed by atoms with Crippen molar-refractivity contribution in [2.45, 2.75) is 37.5 Å². The van der Waals surface area contributed by atoms with Gasteiger partial charge in [0.15, 0.2) is 0 Å². The Morgan fingerprint density at radius 1 is 1.24 bits per heavy atom. The summed E-state index contributed by atoms with van der Waals surface area (Å²) in [4.78, 5) is 0. The van der Waals surface area contributed by atoms with Crippen LogP contribution in [0.3, 0.4) is 0 Å². The fourth-order valence-electron chi connectivity index (χ4n) is 3.00. The Hall–Kier alpha value is -0.710. The Labute approximate surface area is 133 Å². The van der Waals surface area contributed by atoms with E-state index in [1.807, 2.05) is 25.6 Å². The number of thioether (sulfide) groups is 1. The Morgan fingerprint density at radius 3 is 2.33 bits per heavy atom. The van der Waals surface area contributed by atoms with E-state index in [9.17, 15) is 5.11 Å². The Morgan fingerprint density at radius 2 is 1.86 bits per heavy atom. The highest BCUT2D eigenvalue weighted by molar-refractivity contribution is 8.00. The quantitative estimate of drug-likeness (QED) is 0.861. The first-order chi connectivity index (χ1) is 10.2. The molecule has 0 aromatic rings. The lowest BCUT2D eigenvalue weighted by Crippen LogP contribution is -2.49. The molecule has 120 valence electrons. The molecule has 2 rings (SSSR count). The second kappa shape index (κ2) is 8.66. The minimum absolute atomic E-state index is 0.0264.